The van der Waals surface area contributed by atoms with Gasteiger partial charge in [0.05, 0.1) is 18.0 Å². The largest absolute Gasteiger partial charge is 0.416 e. The van der Waals surface area contributed by atoms with E-state index in [1.807, 2.05) is 37.3 Å². The normalized spacial score (nSPS) is 16.1. The molecule has 1 atom stereocenters. The number of amides is 1. The van der Waals surface area contributed by atoms with Crippen LogP contribution in [0.25, 0.3) is 17.0 Å². The van der Waals surface area contributed by atoms with E-state index in [9.17, 15) is 18.0 Å². The maximum absolute atomic E-state index is 12.9. The molecule has 5 nitrogen and oxygen atoms in total. The van der Waals surface area contributed by atoms with Gasteiger partial charge in [0.25, 0.3) is 0 Å². The molecule has 8 heteroatoms. The zero-order chi connectivity index (χ0) is 20.6. The fourth-order valence-corrected chi connectivity index (χ4v) is 3.21. The van der Waals surface area contributed by atoms with Crippen LogP contribution in [-0.4, -0.2) is 16.0 Å². The Labute approximate surface area is 164 Å². The van der Waals surface area contributed by atoms with Gasteiger partial charge in [-0.15, -0.1) is 0 Å². The number of alkyl halides is 3. The van der Waals surface area contributed by atoms with Crippen LogP contribution in [-0.2, 0) is 17.5 Å². The van der Waals surface area contributed by atoms with Crippen LogP contribution in [0.1, 0.15) is 23.9 Å². The topological polar surface area (TPSA) is 68.0 Å². The summed E-state index contributed by atoms with van der Waals surface area (Å²) in [6.07, 6.45) is -4.46. The molecule has 0 radical (unpaired) electrons. The van der Waals surface area contributed by atoms with Crippen LogP contribution in [0.15, 0.2) is 64.7 Å². The van der Waals surface area contributed by atoms with Crippen molar-refractivity contribution in [2.24, 2.45) is 5.92 Å². The molecular weight excluding hydrogens is 383 g/mol. The molecule has 1 heterocycles. The van der Waals surface area contributed by atoms with Crippen LogP contribution in [0.3, 0.4) is 0 Å². The van der Waals surface area contributed by atoms with Gasteiger partial charge < -0.3 is 9.84 Å². The highest BCUT2D eigenvalue weighted by Gasteiger charge is 2.39. The first-order valence-corrected chi connectivity index (χ1v) is 8.88. The minimum atomic E-state index is -4.46. The van der Waals surface area contributed by atoms with E-state index in [4.69, 9.17) is 4.52 Å². The van der Waals surface area contributed by atoms with Crippen LogP contribution in [0.5, 0.6) is 0 Å². The standard InChI is InChI=1S/C21H16F3N3O2/c1-12-17(13-6-3-2-4-7-13)18(12)20(28)25-11-16-26-19(27-29-16)14-8-5-9-15(10-14)21(22,23)24/h2-10,18H,11H2,1H3,(H,25,28). The number of carbonyl (C=O) groups excluding carboxylic acids is 1. The maximum Gasteiger partial charge on any atom is 0.416 e. The molecule has 4 rings (SSSR count). The SMILES string of the molecule is CC1=C(c2ccccc2)C1C(=O)NCc1nc(-c2cccc(C(F)(F)F)c2)no1. The van der Waals surface area contributed by atoms with E-state index in [1.54, 1.807) is 0 Å². The quantitative estimate of drug-likeness (QED) is 0.687. The van der Waals surface area contributed by atoms with Gasteiger partial charge in [-0.3, -0.25) is 4.79 Å². The molecule has 0 saturated carbocycles. The van der Waals surface area contributed by atoms with Gasteiger partial charge in [0.1, 0.15) is 0 Å². The second-order valence-electron chi connectivity index (χ2n) is 6.70. The number of carbonyl (C=O) groups is 1. The molecule has 3 aromatic rings. The molecule has 0 saturated heterocycles. The summed E-state index contributed by atoms with van der Waals surface area (Å²) in [4.78, 5) is 16.5. The molecule has 1 aromatic heterocycles. The molecule has 1 aliphatic carbocycles. The number of halogens is 3. The minimum Gasteiger partial charge on any atom is -0.346 e. The van der Waals surface area contributed by atoms with E-state index in [0.717, 1.165) is 28.8 Å². The first-order chi connectivity index (χ1) is 13.8. The zero-order valence-corrected chi connectivity index (χ0v) is 15.3. The number of hydrogen-bond donors (Lipinski definition) is 1. The highest BCUT2D eigenvalue weighted by molar-refractivity contribution is 6.05. The Bertz CT molecular complexity index is 1090. The summed E-state index contributed by atoms with van der Waals surface area (Å²) in [5.41, 5.74) is 2.41. The Morgan fingerprint density at radius 2 is 1.83 bits per heavy atom. The number of rotatable bonds is 5. The van der Waals surface area contributed by atoms with Crippen molar-refractivity contribution in [2.45, 2.75) is 19.6 Å². The summed E-state index contributed by atoms with van der Waals surface area (Å²) in [6.45, 7) is 1.90. The highest BCUT2D eigenvalue weighted by atomic mass is 19.4. The van der Waals surface area contributed by atoms with Crippen molar-refractivity contribution in [3.8, 4) is 11.4 Å². The Hall–Kier alpha value is -3.42. The number of benzene rings is 2. The van der Waals surface area contributed by atoms with Crippen molar-refractivity contribution in [1.29, 1.82) is 0 Å². The van der Waals surface area contributed by atoms with Crippen molar-refractivity contribution in [3.63, 3.8) is 0 Å². The van der Waals surface area contributed by atoms with Gasteiger partial charge in [0.15, 0.2) is 0 Å². The third kappa shape index (κ3) is 3.91. The van der Waals surface area contributed by atoms with Crippen molar-refractivity contribution >= 4 is 11.5 Å². The summed E-state index contributed by atoms with van der Waals surface area (Å²) in [6, 6.07) is 14.3. The van der Waals surface area contributed by atoms with Crippen molar-refractivity contribution in [1.82, 2.24) is 15.5 Å². The summed E-state index contributed by atoms with van der Waals surface area (Å²) in [5.74, 6) is -0.320. The third-order valence-corrected chi connectivity index (χ3v) is 4.74. The van der Waals surface area contributed by atoms with E-state index in [1.165, 1.54) is 12.1 Å². The molecular formula is C21H16F3N3O2. The first kappa shape index (κ1) is 18.9. The maximum atomic E-state index is 12.9. The predicted octanol–water partition coefficient (Wildman–Crippen LogP) is 4.48. The van der Waals surface area contributed by atoms with Crippen LogP contribution in [0.2, 0.25) is 0 Å². The molecule has 1 N–H and O–H groups in total. The Morgan fingerprint density at radius 1 is 1.10 bits per heavy atom. The van der Waals surface area contributed by atoms with Crippen molar-refractivity contribution in [3.05, 3.63) is 77.2 Å². The number of nitrogens with zero attached hydrogens (tertiary/aromatic N) is 2. The molecule has 29 heavy (non-hydrogen) atoms. The van der Waals surface area contributed by atoms with Gasteiger partial charge in [-0.05, 0) is 30.2 Å². The molecule has 1 unspecified atom stereocenters. The first-order valence-electron chi connectivity index (χ1n) is 8.88. The molecule has 1 amide bonds. The molecule has 148 valence electrons. The predicted molar refractivity (Wildman–Crippen MR) is 99.1 cm³/mol. The monoisotopic (exact) mass is 399 g/mol. The van der Waals surface area contributed by atoms with Gasteiger partial charge in [-0.1, -0.05) is 53.2 Å². The van der Waals surface area contributed by atoms with Gasteiger partial charge in [-0.2, -0.15) is 18.2 Å². The number of hydrogen-bond acceptors (Lipinski definition) is 4. The van der Waals surface area contributed by atoms with Gasteiger partial charge in [0, 0.05) is 5.56 Å². The second kappa shape index (κ2) is 7.20. The average molecular weight is 399 g/mol. The Balaban J connectivity index is 1.39. The summed E-state index contributed by atoms with van der Waals surface area (Å²) in [7, 11) is 0. The lowest BCUT2D eigenvalue weighted by molar-refractivity contribution is -0.137. The molecule has 0 aliphatic heterocycles. The molecule has 1 aliphatic rings. The summed E-state index contributed by atoms with van der Waals surface area (Å²) in [5, 5.41) is 6.44. The van der Waals surface area contributed by atoms with Crippen LogP contribution in [0, 0.1) is 5.92 Å². The van der Waals surface area contributed by atoms with Gasteiger partial charge >= 0.3 is 6.18 Å². The molecule has 0 bridgehead atoms. The van der Waals surface area contributed by atoms with E-state index in [-0.39, 0.29) is 35.6 Å². The van der Waals surface area contributed by atoms with Crippen LogP contribution in [0.4, 0.5) is 13.2 Å². The number of nitrogens with one attached hydrogen (secondary N) is 1. The highest BCUT2D eigenvalue weighted by Crippen LogP contribution is 2.46. The molecule has 2 aromatic carbocycles. The van der Waals surface area contributed by atoms with E-state index in [0.29, 0.717) is 0 Å². The van der Waals surface area contributed by atoms with E-state index in [2.05, 4.69) is 15.5 Å². The Kier molecular flexibility index (Phi) is 4.70. The fraction of sp³-hybridized carbons (Fsp3) is 0.190. The minimum absolute atomic E-state index is 0.00333. The van der Waals surface area contributed by atoms with Crippen LogP contribution >= 0.6 is 0 Å². The third-order valence-electron chi connectivity index (χ3n) is 4.74. The lowest BCUT2D eigenvalue weighted by Crippen LogP contribution is -2.26. The second-order valence-corrected chi connectivity index (χ2v) is 6.70. The summed E-state index contributed by atoms with van der Waals surface area (Å²) < 4.78 is 43.6. The van der Waals surface area contributed by atoms with Gasteiger partial charge in [-0.25, -0.2) is 0 Å². The summed E-state index contributed by atoms with van der Waals surface area (Å²) >= 11 is 0. The zero-order valence-electron chi connectivity index (χ0n) is 15.3. The van der Waals surface area contributed by atoms with E-state index < -0.39 is 11.7 Å². The lowest BCUT2D eigenvalue weighted by Gasteiger charge is -2.06. The Morgan fingerprint density at radius 3 is 2.55 bits per heavy atom. The molecule has 0 spiro atoms. The number of aromatic nitrogens is 2. The smallest absolute Gasteiger partial charge is 0.346 e. The van der Waals surface area contributed by atoms with Crippen molar-refractivity contribution < 1.29 is 22.5 Å². The average Bonchev–Trinajstić information content (AvgIpc) is 3.16. The van der Waals surface area contributed by atoms with Gasteiger partial charge in [0.2, 0.25) is 17.6 Å². The van der Waals surface area contributed by atoms with E-state index >= 15 is 0 Å². The fourth-order valence-electron chi connectivity index (χ4n) is 3.21. The molecule has 0 fully saturated rings. The van der Waals surface area contributed by atoms with Crippen LogP contribution < -0.4 is 5.32 Å². The lowest BCUT2D eigenvalue weighted by atomic mass is 10.1. The van der Waals surface area contributed by atoms with Crippen molar-refractivity contribution in [2.75, 3.05) is 0 Å².